The minimum atomic E-state index is 0.356. The zero-order valence-electron chi connectivity index (χ0n) is 10.5. The van der Waals surface area contributed by atoms with Gasteiger partial charge in [0.25, 0.3) is 0 Å². The average molecular weight is 298 g/mol. The predicted molar refractivity (Wildman–Crippen MR) is 74.3 cm³/mol. The molecule has 0 spiro atoms. The van der Waals surface area contributed by atoms with Gasteiger partial charge in [0.15, 0.2) is 0 Å². The molecular formula is C14H20BrNO. The lowest BCUT2D eigenvalue weighted by molar-refractivity contribution is 0.198. The van der Waals surface area contributed by atoms with Crippen molar-refractivity contribution in [1.29, 1.82) is 0 Å². The Morgan fingerprint density at radius 2 is 2.06 bits per heavy atom. The SMILES string of the molecule is COCCNCC1(c2ccc(Br)cc2)CC1C. The molecule has 3 heteroatoms. The fourth-order valence-electron chi connectivity index (χ4n) is 2.51. The average Bonchev–Trinajstić information content (AvgIpc) is 2.98. The Morgan fingerprint density at radius 3 is 2.59 bits per heavy atom. The minimum absolute atomic E-state index is 0.356. The first-order valence-corrected chi connectivity index (χ1v) is 6.94. The molecule has 1 aromatic rings. The highest BCUT2D eigenvalue weighted by molar-refractivity contribution is 9.10. The van der Waals surface area contributed by atoms with Crippen molar-refractivity contribution in [3.63, 3.8) is 0 Å². The Kier molecular flexibility index (Phi) is 4.23. The normalized spacial score (nSPS) is 27.1. The molecular weight excluding hydrogens is 278 g/mol. The lowest BCUT2D eigenvalue weighted by Gasteiger charge is -2.18. The van der Waals surface area contributed by atoms with Gasteiger partial charge in [-0.25, -0.2) is 0 Å². The van der Waals surface area contributed by atoms with Gasteiger partial charge in [-0.1, -0.05) is 35.0 Å². The molecule has 0 saturated heterocycles. The molecule has 0 heterocycles. The van der Waals surface area contributed by atoms with Gasteiger partial charge in [-0.15, -0.1) is 0 Å². The van der Waals surface area contributed by atoms with Crippen LogP contribution in [0.3, 0.4) is 0 Å². The van der Waals surface area contributed by atoms with Crippen LogP contribution in [0.4, 0.5) is 0 Å². The molecule has 0 radical (unpaired) electrons. The Balaban J connectivity index is 1.98. The van der Waals surface area contributed by atoms with Crippen LogP contribution in [0.25, 0.3) is 0 Å². The van der Waals surface area contributed by atoms with Crippen LogP contribution < -0.4 is 5.32 Å². The van der Waals surface area contributed by atoms with Gasteiger partial charge in [0.2, 0.25) is 0 Å². The second kappa shape index (κ2) is 5.51. The summed E-state index contributed by atoms with van der Waals surface area (Å²) in [6.45, 7) is 5.10. The van der Waals surface area contributed by atoms with Crippen LogP contribution in [0.1, 0.15) is 18.9 Å². The van der Waals surface area contributed by atoms with Crippen LogP contribution in [0.2, 0.25) is 0 Å². The van der Waals surface area contributed by atoms with Gasteiger partial charge in [0, 0.05) is 30.1 Å². The van der Waals surface area contributed by atoms with Gasteiger partial charge in [0.1, 0.15) is 0 Å². The number of hydrogen-bond donors (Lipinski definition) is 1. The van der Waals surface area contributed by atoms with E-state index < -0.39 is 0 Å². The minimum Gasteiger partial charge on any atom is -0.383 e. The molecule has 0 amide bonds. The smallest absolute Gasteiger partial charge is 0.0587 e. The lowest BCUT2D eigenvalue weighted by atomic mass is 9.93. The van der Waals surface area contributed by atoms with E-state index >= 15 is 0 Å². The van der Waals surface area contributed by atoms with E-state index in [9.17, 15) is 0 Å². The number of benzene rings is 1. The van der Waals surface area contributed by atoms with Crippen LogP contribution >= 0.6 is 15.9 Å². The number of halogens is 1. The number of nitrogens with one attached hydrogen (secondary N) is 1. The van der Waals surface area contributed by atoms with Gasteiger partial charge >= 0.3 is 0 Å². The molecule has 0 aromatic heterocycles. The summed E-state index contributed by atoms with van der Waals surface area (Å²) in [4.78, 5) is 0. The topological polar surface area (TPSA) is 21.3 Å². The summed E-state index contributed by atoms with van der Waals surface area (Å²) in [5.74, 6) is 0.777. The van der Waals surface area contributed by atoms with Crippen molar-refractivity contribution >= 4 is 15.9 Å². The summed E-state index contributed by atoms with van der Waals surface area (Å²) in [7, 11) is 1.74. The van der Waals surface area contributed by atoms with Gasteiger partial charge in [0.05, 0.1) is 6.61 Å². The van der Waals surface area contributed by atoms with Gasteiger partial charge < -0.3 is 10.1 Å². The van der Waals surface area contributed by atoms with Crippen molar-refractivity contribution in [2.75, 3.05) is 26.8 Å². The highest BCUT2D eigenvalue weighted by atomic mass is 79.9. The third-order valence-corrected chi connectivity index (χ3v) is 4.32. The van der Waals surface area contributed by atoms with E-state index in [0.717, 1.165) is 30.1 Å². The number of rotatable bonds is 6. The third-order valence-electron chi connectivity index (χ3n) is 3.80. The molecule has 1 saturated carbocycles. The van der Waals surface area contributed by atoms with Gasteiger partial charge in [-0.05, 0) is 30.0 Å². The van der Waals surface area contributed by atoms with E-state index in [4.69, 9.17) is 4.74 Å². The summed E-state index contributed by atoms with van der Waals surface area (Å²) in [6.07, 6.45) is 1.29. The first kappa shape index (κ1) is 13.1. The number of ether oxygens (including phenoxy) is 1. The zero-order valence-corrected chi connectivity index (χ0v) is 12.1. The second-order valence-corrected chi connectivity index (χ2v) is 5.85. The monoisotopic (exact) mass is 297 g/mol. The lowest BCUT2D eigenvalue weighted by Crippen LogP contribution is -2.30. The van der Waals surface area contributed by atoms with Gasteiger partial charge in [-0.2, -0.15) is 0 Å². The van der Waals surface area contributed by atoms with Crippen LogP contribution in [0, 0.1) is 5.92 Å². The van der Waals surface area contributed by atoms with Gasteiger partial charge in [-0.3, -0.25) is 0 Å². The summed E-state index contributed by atoms with van der Waals surface area (Å²) in [6, 6.07) is 8.76. The van der Waals surface area contributed by atoms with E-state index in [2.05, 4.69) is 52.4 Å². The maximum Gasteiger partial charge on any atom is 0.0587 e. The standard InChI is InChI=1S/C14H20BrNO/c1-11-9-14(11,10-16-7-8-17-2)12-3-5-13(15)6-4-12/h3-6,11,16H,7-10H2,1-2H3. The molecule has 0 bridgehead atoms. The fourth-order valence-corrected chi connectivity index (χ4v) is 2.77. The van der Waals surface area contributed by atoms with Crippen molar-refractivity contribution in [2.45, 2.75) is 18.8 Å². The molecule has 1 fully saturated rings. The molecule has 0 aliphatic heterocycles. The van der Waals surface area contributed by atoms with E-state index in [0.29, 0.717) is 5.41 Å². The van der Waals surface area contributed by atoms with Crippen molar-refractivity contribution < 1.29 is 4.74 Å². The first-order chi connectivity index (χ1) is 8.19. The van der Waals surface area contributed by atoms with Crippen molar-refractivity contribution in [3.8, 4) is 0 Å². The van der Waals surface area contributed by atoms with Crippen molar-refractivity contribution in [2.24, 2.45) is 5.92 Å². The Morgan fingerprint density at radius 1 is 1.41 bits per heavy atom. The maximum absolute atomic E-state index is 5.06. The van der Waals surface area contributed by atoms with E-state index in [1.54, 1.807) is 7.11 Å². The quantitative estimate of drug-likeness (QED) is 0.815. The molecule has 1 aromatic carbocycles. The van der Waals surface area contributed by atoms with Crippen molar-refractivity contribution in [1.82, 2.24) is 5.32 Å². The number of hydrogen-bond acceptors (Lipinski definition) is 2. The molecule has 17 heavy (non-hydrogen) atoms. The largest absolute Gasteiger partial charge is 0.383 e. The van der Waals surface area contributed by atoms with E-state index in [-0.39, 0.29) is 0 Å². The molecule has 2 unspecified atom stereocenters. The summed E-state index contributed by atoms with van der Waals surface area (Å²) in [5.41, 5.74) is 1.81. The fraction of sp³-hybridized carbons (Fsp3) is 0.571. The molecule has 1 aliphatic carbocycles. The molecule has 1 aliphatic rings. The zero-order chi connectivity index (χ0) is 12.3. The predicted octanol–water partition coefficient (Wildman–Crippen LogP) is 2.96. The summed E-state index contributed by atoms with van der Waals surface area (Å²) < 4.78 is 6.21. The molecule has 2 atom stereocenters. The second-order valence-electron chi connectivity index (χ2n) is 4.94. The first-order valence-electron chi connectivity index (χ1n) is 6.15. The molecule has 2 rings (SSSR count). The Hall–Kier alpha value is -0.380. The van der Waals surface area contributed by atoms with Crippen LogP contribution in [-0.4, -0.2) is 26.8 Å². The molecule has 1 N–H and O–H groups in total. The molecule has 2 nitrogen and oxygen atoms in total. The molecule has 94 valence electrons. The van der Waals surface area contributed by atoms with Crippen LogP contribution in [0.15, 0.2) is 28.7 Å². The summed E-state index contributed by atoms with van der Waals surface area (Å²) in [5, 5.41) is 3.50. The highest BCUT2D eigenvalue weighted by Gasteiger charge is 2.51. The maximum atomic E-state index is 5.06. The van der Waals surface area contributed by atoms with Crippen LogP contribution in [0.5, 0.6) is 0 Å². The Bertz CT molecular complexity index is 365. The summed E-state index contributed by atoms with van der Waals surface area (Å²) >= 11 is 3.49. The van der Waals surface area contributed by atoms with E-state index in [1.807, 2.05) is 0 Å². The van der Waals surface area contributed by atoms with Crippen molar-refractivity contribution in [3.05, 3.63) is 34.3 Å². The third kappa shape index (κ3) is 2.90. The number of methoxy groups -OCH3 is 1. The van der Waals surface area contributed by atoms with E-state index in [1.165, 1.54) is 12.0 Å². The highest BCUT2D eigenvalue weighted by Crippen LogP contribution is 2.53. The van der Waals surface area contributed by atoms with Crippen LogP contribution in [-0.2, 0) is 10.2 Å². The Labute approximate surface area is 112 Å².